The number of hydrogen-bond donors (Lipinski definition) is 1. The van der Waals surface area contributed by atoms with Crippen LogP contribution in [-0.4, -0.2) is 10.9 Å². The summed E-state index contributed by atoms with van der Waals surface area (Å²) in [5.41, 5.74) is 3.19. The van der Waals surface area contributed by atoms with Crippen LogP contribution in [-0.2, 0) is 0 Å². The Kier molecular flexibility index (Phi) is 3.79. The molecule has 0 unspecified atom stereocenters. The number of phenols is 1. The molecule has 1 N–H and O–H groups in total. The van der Waals surface area contributed by atoms with Crippen molar-refractivity contribution in [1.82, 2.24) is 0 Å². The second-order valence-corrected chi connectivity index (χ2v) is 5.99. The molecule has 2 nitrogen and oxygen atoms in total. The first-order valence-electron chi connectivity index (χ1n) is 8.14. The Morgan fingerprint density at radius 1 is 0.680 bits per heavy atom. The number of phenolic OH excluding ortho intramolecular Hbond substituents is 1. The van der Waals surface area contributed by atoms with Gasteiger partial charge in [0.05, 0.1) is 0 Å². The van der Waals surface area contributed by atoms with Crippen LogP contribution < -0.4 is 0 Å². The van der Waals surface area contributed by atoms with Crippen molar-refractivity contribution >= 4 is 16.6 Å². The second-order valence-electron chi connectivity index (χ2n) is 5.99. The number of ketones is 1. The zero-order chi connectivity index (χ0) is 17.2. The third kappa shape index (κ3) is 2.90. The first kappa shape index (κ1) is 15.2. The number of aromatic hydroxyl groups is 1. The van der Waals surface area contributed by atoms with Gasteiger partial charge in [-0.3, -0.25) is 4.79 Å². The van der Waals surface area contributed by atoms with Gasteiger partial charge in [-0.1, -0.05) is 66.7 Å². The van der Waals surface area contributed by atoms with Crippen LogP contribution in [0.5, 0.6) is 5.75 Å². The summed E-state index contributed by atoms with van der Waals surface area (Å²) in [4.78, 5) is 13.1. The molecule has 0 spiro atoms. The van der Waals surface area contributed by atoms with Gasteiger partial charge in [0.2, 0.25) is 0 Å². The lowest BCUT2D eigenvalue weighted by Crippen LogP contribution is -2.02. The van der Waals surface area contributed by atoms with Crippen LogP contribution in [0, 0.1) is 0 Å². The minimum atomic E-state index is -0.0927. The number of carbonyl (C=O) groups is 1. The van der Waals surface area contributed by atoms with E-state index in [9.17, 15) is 9.90 Å². The van der Waals surface area contributed by atoms with E-state index in [0.29, 0.717) is 11.1 Å². The third-order valence-corrected chi connectivity index (χ3v) is 4.32. The lowest BCUT2D eigenvalue weighted by molar-refractivity contribution is 0.104. The van der Waals surface area contributed by atoms with Gasteiger partial charge in [0.25, 0.3) is 0 Å². The van der Waals surface area contributed by atoms with Gasteiger partial charge in [0.1, 0.15) is 5.75 Å². The molecule has 0 aliphatic rings. The van der Waals surface area contributed by atoms with Crippen LogP contribution >= 0.6 is 0 Å². The number of hydrogen-bond acceptors (Lipinski definition) is 2. The van der Waals surface area contributed by atoms with Crippen LogP contribution in [0.15, 0.2) is 91.0 Å². The molecular weight excluding hydrogens is 308 g/mol. The molecule has 4 rings (SSSR count). The minimum Gasteiger partial charge on any atom is -0.508 e. The first-order chi connectivity index (χ1) is 12.2. The summed E-state index contributed by atoms with van der Waals surface area (Å²) in [7, 11) is 0. The zero-order valence-corrected chi connectivity index (χ0v) is 13.5. The molecule has 2 heteroatoms. The second kappa shape index (κ2) is 6.25. The fourth-order valence-electron chi connectivity index (χ4n) is 3.10. The largest absolute Gasteiger partial charge is 0.508 e. The molecule has 0 radical (unpaired) electrons. The van der Waals surface area contributed by atoms with Crippen LogP contribution in [0.3, 0.4) is 0 Å². The quantitative estimate of drug-likeness (QED) is 0.509. The topological polar surface area (TPSA) is 37.3 Å². The average Bonchev–Trinajstić information content (AvgIpc) is 2.67. The van der Waals surface area contributed by atoms with Crippen molar-refractivity contribution in [2.45, 2.75) is 0 Å². The van der Waals surface area contributed by atoms with E-state index in [1.165, 1.54) is 6.07 Å². The Morgan fingerprint density at radius 3 is 2.24 bits per heavy atom. The summed E-state index contributed by atoms with van der Waals surface area (Å²) in [5, 5.41) is 11.6. The van der Waals surface area contributed by atoms with E-state index in [1.807, 2.05) is 60.7 Å². The Morgan fingerprint density at radius 2 is 1.44 bits per heavy atom. The van der Waals surface area contributed by atoms with E-state index >= 15 is 0 Å². The van der Waals surface area contributed by atoms with E-state index < -0.39 is 0 Å². The number of benzene rings is 4. The normalized spacial score (nSPS) is 10.7. The monoisotopic (exact) mass is 324 g/mol. The fourth-order valence-corrected chi connectivity index (χ4v) is 3.10. The molecule has 0 aliphatic carbocycles. The summed E-state index contributed by atoms with van der Waals surface area (Å²) in [6.45, 7) is 0. The Balaban J connectivity index is 1.94. The van der Waals surface area contributed by atoms with Gasteiger partial charge >= 0.3 is 0 Å². The molecule has 0 bridgehead atoms. The highest BCUT2D eigenvalue weighted by Gasteiger charge is 2.15. The summed E-state index contributed by atoms with van der Waals surface area (Å²) < 4.78 is 0. The van der Waals surface area contributed by atoms with E-state index in [4.69, 9.17) is 0 Å². The predicted molar refractivity (Wildman–Crippen MR) is 101 cm³/mol. The maximum Gasteiger partial charge on any atom is 0.193 e. The predicted octanol–water partition coefficient (Wildman–Crippen LogP) is 5.44. The summed E-state index contributed by atoms with van der Waals surface area (Å²) in [6.07, 6.45) is 0. The number of carbonyl (C=O) groups excluding carboxylic acids is 1. The van der Waals surface area contributed by atoms with Crippen molar-refractivity contribution in [3.63, 3.8) is 0 Å². The van der Waals surface area contributed by atoms with E-state index in [-0.39, 0.29) is 11.5 Å². The van der Waals surface area contributed by atoms with E-state index in [2.05, 4.69) is 6.07 Å². The van der Waals surface area contributed by atoms with Gasteiger partial charge in [0.15, 0.2) is 5.78 Å². The van der Waals surface area contributed by atoms with Crippen LogP contribution in [0.25, 0.3) is 21.9 Å². The summed E-state index contributed by atoms with van der Waals surface area (Å²) in [6, 6.07) is 28.4. The van der Waals surface area contributed by atoms with Crippen molar-refractivity contribution in [3.05, 3.63) is 102 Å². The molecule has 0 aromatic heterocycles. The Hall–Kier alpha value is -3.39. The highest BCUT2D eigenvalue weighted by molar-refractivity contribution is 6.17. The van der Waals surface area contributed by atoms with Gasteiger partial charge in [-0.05, 0) is 46.2 Å². The molecule has 0 saturated heterocycles. The molecule has 25 heavy (non-hydrogen) atoms. The maximum absolute atomic E-state index is 13.1. The van der Waals surface area contributed by atoms with Crippen molar-refractivity contribution in [3.8, 4) is 16.9 Å². The average molecular weight is 324 g/mol. The van der Waals surface area contributed by atoms with Gasteiger partial charge in [0, 0.05) is 11.1 Å². The van der Waals surface area contributed by atoms with Gasteiger partial charge in [-0.25, -0.2) is 0 Å². The van der Waals surface area contributed by atoms with E-state index in [1.54, 1.807) is 18.2 Å². The lowest BCUT2D eigenvalue weighted by Gasteiger charge is -2.10. The van der Waals surface area contributed by atoms with Gasteiger partial charge in [-0.15, -0.1) is 0 Å². The smallest absolute Gasteiger partial charge is 0.193 e. The van der Waals surface area contributed by atoms with Crippen LogP contribution in [0.4, 0.5) is 0 Å². The van der Waals surface area contributed by atoms with Crippen LogP contribution in [0.1, 0.15) is 15.9 Å². The SMILES string of the molecule is O=C(c1cccc(O)c1)c1cc(-c2ccccc2)cc2ccccc12. The molecule has 4 aromatic carbocycles. The molecule has 0 heterocycles. The lowest BCUT2D eigenvalue weighted by atomic mass is 9.92. The minimum absolute atomic E-state index is 0.0920. The molecule has 0 fully saturated rings. The van der Waals surface area contributed by atoms with Gasteiger partial charge < -0.3 is 5.11 Å². The molecule has 120 valence electrons. The highest BCUT2D eigenvalue weighted by atomic mass is 16.3. The molecule has 0 atom stereocenters. The third-order valence-electron chi connectivity index (χ3n) is 4.32. The standard InChI is InChI=1S/C23H16O2/c24-20-11-6-10-18(14-20)23(25)22-15-19(16-7-2-1-3-8-16)13-17-9-4-5-12-21(17)22/h1-15,24H. The molecule has 4 aromatic rings. The van der Waals surface area contributed by atoms with Crippen molar-refractivity contribution in [1.29, 1.82) is 0 Å². The molecular formula is C23H16O2. The fraction of sp³-hybridized carbons (Fsp3) is 0. The van der Waals surface area contributed by atoms with Crippen molar-refractivity contribution in [2.75, 3.05) is 0 Å². The van der Waals surface area contributed by atoms with E-state index in [0.717, 1.165) is 21.9 Å². The number of rotatable bonds is 3. The van der Waals surface area contributed by atoms with Crippen LogP contribution in [0.2, 0.25) is 0 Å². The Labute approximate surface area is 146 Å². The number of fused-ring (bicyclic) bond motifs is 1. The zero-order valence-electron chi connectivity index (χ0n) is 13.5. The highest BCUT2D eigenvalue weighted by Crippen LogP contribution is 2.29. The Bertz CT molecular complexity index is 1070. The van der Waals surface area contributed by atoms with Crippen molar-refractivity contribution in [2.24, 2.45) is 0 Å². The van der Waals surface area contributed by atoms with Crippen molar-refractivity contribution < 1.29 is 9.90 Å². The summed E-state index contributed by atoms with van der Waals surface area (Å²) >= 11 is 0. The molecule has 0 saturated carbocycles. The van der Waals surface area contributed by atoms with Gasteiger partial charge in [-0.2, -0.15) is 0 Å². The molecule has 0 aliphatic heterocycles. The summed E-state index contributed by atoms with van der Waals surface area (Å²) in [5.74, 6) is -0.000694. The first-order valence-corrected chi connectivity index (χ1v) is 8.14. The molecule has 0 amide bonds. The maximum atomic E-state index is 13.1.